The van der Waals surface area contributed by atoms with Crippen LogP contribution in [-0.2, 0) is 9.53 Å². The summed E-state index contributed by atoms with van der Waals surface area (Å²) in [4.78, 5) is 26.9. The maximum atomic E-state index is 12.5. The first-order valence-corrected chi connectivity index (χ1v) is 9.47. The minimum absolute atomic E-state index is 0.102. The second-order valence-electron chi connectivity index (χ2n) is 8.16. The molecule has 4 fully saturated rings. The van der Waals surface area contributed by atoms with Gasteiger partial charge in [-0.15, -0.1) is 0 Å². The van der Waals surface area contributed by atoms with Crippen molar-refractivity contribution < 1.29 is 14.3 Å². The number of likely N-dealkylation sites (tertiary alicyclic amines) is 1. The molecule has 0 radical (unpaired) electrons. The lowest BCUT2D eigenvalue weighted by atomic mass is 9.46. The summed E-state index contributed by atoms with van der Waals surface area (Å²) < 4.78 is 5.65. The predicted molar refractivity (Wildman–Crippen MR) is 89.5 cm³/mol. The Labute approximate surface area is 143 Å². The molecule has 2 N–H and O–H groups in total. The molecule has 0 aromatic carbocycles. The number of nitrogens with zero attached hydrogens (tertiary/aromatic N) is 1. The molecule has 1 saturated heterocycles. The van der Waals surface area contributed by atoms with Crippen molar-refractivity contribution >= 4 is 11.9 Å². The Kier molecular flexibility index (Phi) is 3.98. The molecule has 0 bridgehead atoms. The number of rotatable bonds is 4. The summed E-state index contributed by atoms with van der Waals surface area (Å²) >= 11 is 0. The van der Waals surface area contributed by atoms with Crippen LogP contribution >= 0.6 is 0 Å². The molecule has 3 amide bonds. The van der Waals surface area contributed by atoms with Gasteiger partial charge in [0.15, 0.2) is 0 Å². The van der Waals surface area contributed by atoms with E-state index in [1.165, 1.54) is 12.8 Å². The van der Waals surface area contributed by atoms with Gasteiger partial charge in [-0.3, -0.25) is 4.79 Å². The molecular weight excluding hydrogens is 306 g/mol. The molecule has 4 atom stereocenters. The van der Waals surface area contributed by atoms with Crippen LogP contribution in [0.3, 0.4) is 0 Å². The SMILES string of the molecule is COC1C(C)C(NC(=O)NC2CCN(C3CCC3)C2=O)C12CCC2. The second kappa shape index (κ2) is 5.90. The van der Waals surface area contributed by atoms with Gasteiger partial charge in [-0.2, -0.15) is 0 Å². The molecule has 1 spiro atoms. The number of carbonyl (C=O) groups excluding carboxylic acids is 2. The van der Waals surface area contributed by atoms with Crippen LogP contribution in [0, 0.1) is 11.3 Å². The van der Waals surface area contributed by atoms with Crippen molar-refractivity contribution in [1.82, 2.24) is 15.5 Å². The molecule has 4 rings (SSSR count). The van der Waals surface area contributed by atoms with E-state index in [4.69, 9.17) is 4.74 Å². The molecule has 1 heterocycles. The van der Waals surface area contributed by atoms with Crippen molar-refractivity contribution in [1.29, 1.82) is 0 Å². The van der Waals surface area contributed by atoms with Gasteiger partial charge in [-0.1, -0.05) is 13.3 Å². The van der Waals surface area contributed by atoms with Gasteiger partial charge in [-0.25, -0.2) is 4.79 Å². The standard InChI is InChI=1S/C18H29N3O3/c1-11-14(18(8-4-9-18)15(11)24-2)20-17(23)19-13-7-10-21(16(13)22)12-5-3-6-12/h11-15H,3-10H2,1-2H3,(H2,19,20,23). The molecular formula is C18H29N3O3. The number of methoxy groups -OCH3 is 1. The van der Waals surface area contributed by atoms with Crippen LogP contribution in [0.5, 0.6) is 0 Å². The van der Waals surface area contributed by atoms with Gasteiger partial charge in [0.1, 0.15) is 6.04 Å². The number of carbonyl (C=O) groups is 2. The molecule has 6 heteroatoms. The van der Waals surface area contributed by atoms with E-state index in [9.17, 15) is 9.59 Å². The van der Waals surface area contributed by atoms with Crippen molar-refractivity contribution in [2.24, 2.45) is 11.3 Å². The normalized spacial score (nSPS) is 37.6. The average Bonchev–Trinajstić information content (AvgIpc) is 2.79. The van der Waals surface area contributed by atoms with Crippen LogP contribution in [0.4, 0.5) is 4.79 Å². The van der Waals surface area contributed by atoms with E-state index in [0.29, 0.717) is 12.0 Å². The minimum Gasteiger partial charge on any atom is -0.380 e. The summed E-state index contributed by atoms with van der Waals surface area (Å²) in [5.41, 5.74) is 0.128. The van der Waals surface area contributed by atoms with Crippen molar-refractivity contribution in [3.63, 3.8) is 0 Å². The van der Waals surface area contributed by atoms with E-state index in [0.717, 1.165) is 38.6 Å². The molecule has 24 heavy (non-hydrogen) atoms. The Bertz CT molecular complexity index is 530. The van der Waals surface area contributed by atoms with E-state index in [2.05, 4.69) is 17.6 Å². The van der Waals surface area contributed by atoms with E-state index in [-0.39, 0.29) is 35.5 Å². The van der Waals surface area contributed by atoms with E-state index < -0.39 is 0 Å². The highest BCUT2D eigenvalue weighted by molar-refractivity contribution is 5.89. The van der Waals surface area contributed by atoms with Crippen molar-refractivity contribution in [2.45, 2.75) is 76.1 Å². The van der Waals surface area contributed by atoms with Gasteiger partial charge in [0.2, 0.25) is 5.91 Å². The number of hydrogen-bond acceptors (Lipinski definition) is 3. The Balaban J connectivity index is 1.32. The molecule has 0 aromatic rings. The van der Waals surface area contributed by atoms with Crippen LogP contribution in [0.15, 0.2) is 0 Å². The summed E-state index contributed by atoms with van der Waals surface area (Å²) in [5.74, 6) is 0.427. The average molecular weight is 335 g/mol. The monoisotopic (exact) mass is 335 g/mol. The zero-order valence-electron chi connectivity index (χ0n) is 14.7. The van der Waals surface area contributed by atoms with Gasteiger partial charge in [0, 0.05) is 37.1 Å². The lowest BCUT2D eigenvalue weighted by Gasteiger charge is -2.64. The van der Waals surface area contributed by atoms with E-state index in [1.807, 2.05) is 4.90 Å². The van der Waals surface area contributed by atoms with E-state index in [1.54, 1.807) is 7.11 Å². The van der Waals surface area contributed by atoms with Crippen LogP contribution < -0.4 is 10.6 Å². The third kappa shape index (κ3) is 2.25. The summed E-state index contributed by atoms with van der Waals surface area (Å²) in [7, 11) is 1.77. The van der Waals surface area contributed by atoms with Gasteiger partial charge < -0.3 is 20.3 Å². The summed E-state index contributed by atoms with van der Waals surface area (Å²) in [5, 5.41) is 6.06. The summed E-state index contributed by atoms with van der Waals surface area (Å²) in [6.07, 6.45) is 7.89. The summed E-state index contributed by atoms with van der Waals surface area (Å²) in [6, 6.07) is 0.0354. The largest absolute Gasteiger partial charge is 0.380 e. The van der Waals surface area contributed by atoms with Gasteiger partial charge in [0.05, 0.1) is 6.10 Å². The fraction of sp³-hybridized carbons (Fsp3) is 0.889. The Hall–Kier alpha value is -1.30. The van der Waals surface area contributed by atoms with Crippen LogP contribution in [0.25, 0.3) is 0 Å². The molecule has 134 valence electrons. The first-order chi connectivity index (χ1) is 11.6. The lowest BCUT2D eigenvalue weighted by Crippen LogP contribution is -2.73. The predicted octanol–water partition coefficient (Wildman–Crippen LogP) is 1.64. The Morgan fingerprint density at radius 1 is 1.21 bits per heavy atom. The molecule has 4 aliphatic rings. The van der Waals surface area contributed by atoms with Gasteiger partial charge in [-0.05, 0) is 38.5 Å². The fourth-order valence-corrected chi connectivity index (χ4v) is 5.42. The maximum Gasteiger partial charge on any atom is 0.315 e. The number of nitrogens with one attached hydrogen (secondary N) is 2. The Morgan fingerprint density at radius 2 is 1.96 bits per heavy atom. The Morgan fingerprint density at radius 3 is 2.50 bits per heavy atom. The van der Waals surface area contributed by atoms with Gasteiger partial charge in [0.25, 0.3) is 0 Å². The third-order valence-corrected chi connectivity index (χ3v) is 7.07. The maximum absolute atomic E-state index is 12.5. The molecule has 3 aliphatic carbocycles. The number of hydrogen-bond donors (Lipinski definition) is 2. The molecule has 0 aromatic heterocycles. The molecule has 1 aliphatic heterocycles. The van der Waals surface area contributed by atoms with Gasteiger partial charge >= 0.3 is 6.03 Å². The number of urea groups is 1. The second-order valence-corrected chi connectivity index (χ2v) is 8.16. The highest BCUT2D eigenvalue weighted by Gasteiger charge is 2.63. The molecule has 3 saturated carbocycles. The zero-order chi connectivity index (χ0) is 16.9. The summed E-state index contributed by atoms with van der Waals surface area (Å²) in [6.45, 7) is 2.92. The number of ether oxygens (including phenoxy) is 1. The number of amides is 3. The highest BCUT2D eigenvalue weighted by atomic mass is 16.5. The lowest BCUT2D eigenvalue weighted by molar-refractivity contribution is -0.197. The molecule has 6 nitrogen and oxygen atoms in total. The van der Waals surface area contributed by atoms with Crippen molar-refractivity contribution in [3.05, 3.63) is 0 Å². The quantitative estimate of drug-likeness (QED) is 0.820. The van der Waals surface area contributed by atoms with Crippen LogP contribution in [0.2, 0.25) is 0 Å². The fourth-order valence-electron chi connectivity index (χ4n) is 5.42. The van der Waals surface area contributed by atoms with Crippen molar-refractivity contribution in [3.8, 4) is 0 Å². The van der Waals surface area contributed by atoms with Crippen LogP contribution in [-0.4, -0.2) is 54.7 Å². The minimum atomic E-state index is -0.350. The van der Waals surface area contributed by atoms with E-state index >= 15 is 0 Å². The third-order valence-electron chi connectivity index (χ3n) is 7.07. The molecule has 4 unspecified atom stereocenters. The zero-order valence-corrected chi connectivity index (χ0v) is 14.7. The van der Waals surface area contributed by atoms with Crippen LogP contribution in [0.1, 0.15) is 51.9 Å². The first-order valence-electron chi connectivity index (χ1n) is 9.47. The van der Waals surface area contributed by atoms with Crippen molar-refractivity contribution in [2.75, 3.05) is 13.7 Å². The highest BCUT2D eigenvalue weighted by Crippen LogP contribution is 2.59. The smallest absolute Gasteiger partial charge is 0.315 e. The topological polar surface area (TPSA) is 70.7 Å². The first kappa shape index (κ1) is 16.2.